The molecule has 1 atom stereocenters. The molecule has 0 radical (unpaired) electrons. The molecule has 1 unspecified atom stereocenters. The van der Waals surface area contributed by atoms with Crippen LogP contribution >= 0.6 is 0 Å². The van der Waals surface area contributed by atoms with Gasteiger partial charge in [0.25, 0.3) is 0 Å². The Bertz CT molecular complexity index is 915. The second kappa shape index (κ2) is 8.93. The first kappa shape index (κ1) is 23.5. The first-order chi connectivity index (χ1) is 13.9. The second-order valence-corrected chi connectivity index (χ2v) is 9.62. The summed E-state index contributed by atoms with van der Waals surface area (Å²) < 4.78 is 5.31. The molecular formula is C27H34O3. The van der Waals surface area contributed by atoms with Gasteiger partial charge < -0.3 is 9.84 Å². The van der Waals surface area contributed by atoms with Gasteiger partial charge in [0.2, 0.25) is 0 Å². The van der Waals surface area contributed by atoms with Crippen LogP contribution < -0.4 is 0 Å². The Morgan fingerprint density at radius 3 is 1.90 bits per heavy atom. The van der Waals surface area contributed by atoms with Crippen LogP contribution in [0.5, 0.6) is 5.75 Å². The number of aromatic hydroxyl groups is 1. The summed E-state index contributed by atoms with van der Waals surface area (Å²) in [6, 6.07) is 13.8. The number of ether oxygens (including phenoxy) is 1. The van der Waals surface area contributed by atoms with Gasteiger partial charge in [-0.1, -0.05) is 90.6 Å². The molecule has 3 heteroatoms. The standard InChI is InChI=1S/C27H34O3/c1-9-20(25(29)30-10-2)23(18-14-12-11-13-15-18)19-16-21(26(3,4)5)24(28)22(17-19)27(6,7)8/h11-17,23,28H,1,10H2,2-8H3. The third-order valence-corrected chi connectivity index (χ3v) is 5.19. The number of esters is 1. The van der Waals surface area contributed by atoms with Gasteiger partial charge in [-0.25, -0.2) is 4.79 Å². The van der Waals surface area contributed by atoms with Crippen LogP contribution in [-0.4, -0.2) is 17.7 Å². The summed E-state index contributed by atoms with van der Waals surface area (Å²) in [5, 5.41) is 11.1. The Morgan fingerprint density at radius 2 is 1.50 bits per heavy atom. The fraction of sp³-hybridized carbons (Fsp3) is 0.407. The number of carbonyl (C=O) groups excluding carboxylic acids is 1. The van der Waals surface area contributed by atoms with Crippen molar-refractivity contribution in [2.45, 2.75) is 65.2 Å². The SMILES string of the molecule is C=C=C(C(=O)OCC)C(c1ccccc1)c1cc(C(C)(C)C)c(O)c(C(C)(C)C)c1. The molecule has 2 aromatic rings. The van der Waals surface area contributed by atoms with Gasteiger partial charge in [0.05, 0.1) is 12.2 Å². The summed E-state index contributed by atoms with van der Waals surface area (Å²) in [7, 11) is 0. The predicted molar refractivity (Wildman–Crippen MR) is 123 cm³/mol. The minimum atomic E-state index is -0.427. The molecule has 0 spiro atoms. The van der Waals surface area contributed by atoms with Crippen molar-refractivity contribution in [2.24, 2.45) is 0 Å². The van der Waals surface area contributed by atoms with Crippen molar-refractivity contribution in [1.29, 1.82) is 0 Å². The summed E-state index contributed by atoms with van der Waals surface area (Å²) in [4.78, 5) is 12.8. The van der Waals surface area contributed by atoms with Crippen LogP contribution in [0.4, 0.5) is 0 Å². The van der Waals surface area contributed by atoms with Crippen molar-refractivity contribution in [3.05, 3.63) is 82.6 Å². The van der Waals surface area contributed by atoms with E-state index in [0.717, 1.165) is 22.3 Å². The Kier molecular flexibility index (Phi) is 7.00. The molecule has 0 bridgehead atoms. The maximum absolute atomic E-state index is 12.8. The van der Waals surface area contributed by atoms with E-state index in [4.69, 9.17) is 4.74 Å². The van der Waals surface area contributed by atoms with Crippen LogP contribution in [0.15, 0.2) is 60.3 Å². The van der Waals surface area contributed by atoms with Gasteiger partial charge in [-0.05, 0) is 40.0 Å². The average molecular weight is 407 g/mol. The van der Waals surface area contributed by atoms with Crippen molar-refractivity contribution >= 4 is 5.97 Å². The van der Waals surface area contributed by atoms with Crippen molar-refractivity contribution in [3.63, 3.8) is 0 Å². The summed E-state index contributed by atoms with van der Waals surface area (Å²) in [6.45, 7) is 18.3. The van der Waals surface area contributed by atoms with E-state index in [0.29, 0.717) is 11.3 Å². The smallest absolute Gasteiger partial charge is 0.342 e. The first-order valence-electron chi connectivity index (χ1n) is 10.4. The molecule has 0 saturated heterocycles. The topological polar surface area (TPSA) is 46.5 Å². The third-order valence-electron chi connectivity index (χ3n) is 5.19. The zero-order chi connectivity index (χ0) is 22.7. The zero-order valence-electron chi connectivity index (χ0n) is 19.3. The minimum absolute atomic E-state index is 0.274. The highest BCUT2D eigenvalue weighted by Crippen LogP contribution is 2.43. The van der Waals surface area contributed by atoms with Gasteiger partial charge in [-0.15, -0.1) is 5.73 Å². The van der Waals surface area contributed by atoms with Crippen molar-refractivity contribution < 1.29 is 14.6 Å². The Hall–Kier alpha value is -2.77. The second-order valence-electron chi connectivity index (χ2n) is 9.62. The van der Waals surface area contributed by atoms with Gasteiger partial charge in [0.1, 0.15) is 5.75 Å². The summed E-state index contributed by atoms with van der Waals surface area (Å²) in [6.07, 6.45) is 0. The van der Waals surface area contributed by atoms with Crippen LogP contribution in [0.1, 0.15) is 76.6 Å². The van der Waals surface area contributed by atoms with E-state index in [2.05, 4.69) is 53.9 Å². The van der Waals surface area contributed by atoms with Gasteiger partial charge in [-0.3, -0.25) is 0 Å². The van der Waals surface area contributed by atoms with Gasteiger partial charge in [0.15, 0.2) is 0 Å². The Balaban J connectivity index is 2.88. The zero-order valence-corrected chi connectivity index (χ0v) is 19.3. The lowest BCUT2D eigenvalue weighted by Gasteiger charge is -2.30. The van der Waals surface area contributed by atoms with Crippen LogP contribution in [0.2, 0.25) is 0 Å². The van der Waals surface area contributed by atoms with Gasteiger partial charge >= 0.3 is 5.97 Å². The monoisotopic (exact) mass is 406 g/mol. The lowest BCUT2D eigenvalue weighted by Crippen LogP contribution is -2.20. The van der Waals surface area contributed by atoms with Crippen LogP contribution in [-0.2, 0) is 20.4 Å². The highest BCUT2D eigenvalue weighted by molar-refractivity contribution is 5.91. The van der Waals surface area contributed by atoms with E-state index in [9.17, 15) is 9.90 Å². The van der Waals surface area contributed by atoms with Crippen LogP contribution in [0.3, 0.4) is 0 Å². The van der Waals surface area contributed by atoms with Crippen molar-refractivity contribution in [3.8, 4) is 5.75 Å². The molecule has 0 aliphatic rings. The molecule has 0 fully saturated rings. The third kappa shape index (κ3) is 5.04. The number of hydrogen-bond acceptors (Lipinski definition) is 3. The summed E-state index contributed by atoms with van der Waals surface area (Å²) >= 11 is 0. The number of carbonyl (C=O) groups is 1. The molecule has 2 aromatic carbocycles. The summed E-state index contributed by atoms with van der Waals surface area (Å²) in [5.41, 5.74) is 6.21. The molecule has 0 saturated carbocycles. The minimum Gasteiger partial charge on any atom is -0.507 e. The van der Waals surface area contributed by atoms with E-state index in [1.807, 2.05) is 42.5 Å². The Morgan fingerprint density at radius 1 is 1.00 bits per heavy atom. The number of rotatable bonds is 5. The molecule has 0 amide bonds. The fourth-order valence-corrected chi connectivity index (χ4v) is 3.64. The van der Waals surface area contributed by atoms with Crippen LogP contribution in [0.25, 0.3) is 0 Å². The number of benzene rings is 2. The van der Waals surface area contributed by atoms with E-state index in [1.165, 1.54) is 0 Å². The largest absolute Gasteiger partial charge is 0.507 e. The molecule has 0 aliphatic carbocycles. The predicted octanol–water partition coefficient (Wildman–Crippen LogP) is 6.39. The summed E-state index contributed by atoms with van der Waals surface area (Å²) in [5.74, 6) is -0.513. The van der Waals surface area contributed by atoms with Gasteiger partial charge in [-0.2, -0.15) is 0 Å². The lowest BCUT2D eigenvalue weighted by molar-refractivity contribution is -0.138. The van der Waals surface area contributed by atoms with E-state index in [-0.39, 0.29) is 17.4 Å². The number of phenols is 1. The molecule has 160 valence electrons. The Labute approximate surface area is 181 Å². The molecule has 2 rings (SSSR count). The van der Waals surface area contributed by atoms with Crippen LogP contribution in [0, 0.1) is 0 Å². The highest BCUT2D eigenvalue weighted by Gasteiger charge is 2.31. The maximum Gasteiger partial charge on any atom is 0.342 e. The number of phenolic OH excluding ortho intramolecular Hbond substituents is 1. The number of hydrogen-bond donors (Lipinski definition) is 1. The normalized spacial score (nSPS) is 12.8. The fourth-order valence-electron chi connectivity index (χ4n) is 3.64. The molecule has 30 heavy (non-hydrogen) atoms. The van der Waals surface area contributed by atoms with E-state index in [1.54, 1.807) is 6.92 Å². The van der Waals surface area contributed by atoms with Crippen molar-refractivity contribution in [2.75, 3.05) is 6.61 Å². The molecule has 0 heterocycles. The van der Waals surface area contributed by atoms with E-state index < -0.39 is 11.9 Å². The quantitative estimate of drug-likeness (QED) is 0.355. The molecule has 0 aliphatic heterocycles. The lowest BCUT2D eigenvalue weighted by atomic mass is 9.75. The molecular weight excluding hydrogens is 372 g/mol. The average Bonchev–Trinajstić information content (AvgIpc) is 2.65. The highest BCUT2D eigenvalue weighted by atomic mass is 16.5. The molecule has 1 N–H and O–H groups in total. The maximum atomic E-state index is 12.8. The van der Waals surface area contributed by atoms with E-state index >= 15 is 0 Å². The van der Waals surface area contributed by atoms with Crippen molar-refractivity contribution in [1.82, 2.24) is 0 Å². The molecule has 3 nitrogen and oxygen atoms in total. The van der Waals surface area contributed by atoms with Gasteiger partial charge in [0, 0.05) is 5.92 Å². The molecule has 0 aromatic heterocycles. The first-order valence-corrected chi connectivity index (χ1v) is 10.4.